The number of esters is 1. The summed E-state index contributed by atoms with van der Waals surface area (Å²) in [6, 6.07) is 12.7. The lowest BCUT2D eigenvalue weighted by molar-refractivity contribution is -0.141. The van der Waals surface area contributed by atoms with Gasteiger partial charge in [-0.2, -0.15) is 0 Å². The van der Waals surface area contributed by atoms with Crippen LogP contribution in [0.1, 0.15) is 24.2 Å². The molecule has 2 aromatic carbocycles. The Bertz CT molecular complexity index is 830. The number of benzene rings is 2. The lowest BCUT2D eigenvalue weighted by atomic mass is 10.2. The molecule has 0 fully saturated rings. The minimum absolute atomic E-state index is 0.0420. The summed E-state index contributed by atoms with van der Waals surface area (Å²) in [6.45, 7) is 3.96. The van der Waals surface area contributed by atoms with Crippen LogP contribution in [0.4, 0.5) is 0 Å². The Morgan fingerprint density at radius 3 is 2.12 bits per heavy atom. The van der Waals surface area contributed by atoms with Gasteiger partial charge < -0.3 is 9.30 Å². The van der Waals surface area contributed by atoms with Crippen LogP contribution in [0.3, 0.4) is 0 Å². The average molecular weight is 413 g/mol. The fraction of sp³-hybridized carbons (Fsp3) is 0.263. The number of hydrogen-bond donors (Lipinski definition) is 0. The Morgan fingerprint density at radius 1 is 1.00 bits per heavy atom. The van der Waals surface area contributed by atoms with Gasteiger partial charge in [0.25, 0.3) is 0 Å². The van der Waals surface area contributed by atoms with E-state index in [0.717, 1.165) is 0 Å². The first-order valence-electron chi connectivity index (χ1n) is 8.05. The number of rotatable bonds is 7. The van der Waals surface area contributed by atoms with Crippen molar-refractivity contribution >= 4 is 47.1 Å². The maximum absolute atomic E-state index is 13.7. The molecule has 2 aromatic rings. The zero-order valence-corrected chi connectivity index (χ0v) is 16.9. The first-order chi connectivity index (χ1) is 12.3. The minimum atomic E-state index is -3.84. The summed E-state index contributed by atoms with van der Waals surface area (Å²) >= 11 is 12.2. The van der Waals surface area contributed by atoms with E-state index in [9.17, 15) is 14.2 Å². The van der Waals surface area contributed by atoms with Gasteiger partial charge in [-0.05, 0) is 18.1 Å². The summed E-state index contributed by atoms with van der Waals surface area (Å²) < 4.78 is 18.8. The van der Waals surface area contributed by atoms with Crippen LogP contribution in [-0.2, 0) is 14.1 Å². The molecule has 26 heavy (non-hydrogen) atoms. The number of hydrogen-bond acceptors (Lipinski definition) is 4. The van der Waals surface area contributed by atoms with Crippen molar-refractivity contribution in [3.8, 4) is 0 Å². The highest BCUT2D eigenvalue weighted by Crippen LogP contribution is 2.50. The van der Waals surface area contributed by atoms with Crippen LogP contribution in [0.2, 0.25) is 10.0 Å². The molecule has 0 radical (unpaired) electrons. The maximum atomic E-state index is 13.7. The van der Waals surface area contributed by atoms with Gasteiger partial charge in [-0.25, -0.2) is 0 Å². The highest BCUT2D eigenvalue weighted by atomic mass is 35.5. The Labute approximate surface area is 162 Å². The molecule has 0 aliphatic carbocycles. The predicted molar refractivity (Wildman–Crippen MR) is 105 cm³/mol. The lowest BCUT2D eigenvalue weighted by Gasteiger charge is -2.18. The van der Waals surface area contributed by atoms with Crippen molar-refractivity contribution in [3.63, 3.8) is 0 Å². The van der Waals surface area contributed by atoms with Crippen molar-refractivity contribution in [2.75, 3.05) is 12.8 Å². The Hall–Kier alpha value is -1.61. The molecule has 0 N–H and O–H groups in total. The van der Waals surface area contributed by atoms with Crippen LogP contribution < -0.4 is 5.30 Å². The van der Waals surface area contributed by atoms with Crippen LogP contribution >= 0.6 is 30.3 Å². The Balaban J connectivity index is 2.46. The lowest BCUT2D eigenvalue weighted by Crippen LogP contribution is -2.23. The zero-order chi connectivity index (χ0) is 19.3. The van der Waals surface area contributed by atoms with E-state index in [0.29, 0.717) is 0 Å². The van der Waals surface area contributed by atoms with Crippen molar-refractivity contribution in [3.05, 3.63) is 64.1 Å². The highest BCUT2D eigenvalue weighted by Gasteiger charge is 2.39. The molecular weight excluding hydrogens is 394 g/mol. The summed E-state index contributed by atoms with van der Waals surface area (Å²) in [4.78, 5) is 25.4. The standard InChI is InChI=1S/C19H19Cl2O4P/c1-13(2)11-25-17(22)12-26(24,14-7-4-3-5-8-14)19(23)18-15(20)9-6-10-16(18)21/h3-10,13H,11-12H2,1-2H3. The monoisotopic (exact) mass is 412 g/mol. The smallest absolute Gasteiger partial charge is 0.314 e. The van der Waals surface area contributed by atoms with Gasteiger partial charge in [-0.3, -0.25) is 9.59 Å². The molecule has 7 heteroatoms. The number of ether oxygens (including phenoxy) is 1. The largest absolute Gasteiger partial charge is 0.465 e. The Morgan fingerprint density at radius 2 is 1.58 bits per heavy atom. The highest BCUT2D eigenvalue weighted by molar-refractivity contribution is 7.88. The molecule has 4 nitrogen and oxygen atoms in total. The molecule has 0 spiro atoms. The molecule has 0 aliphatic rings. The SMILES string of the molecule is CC(C)COC(=O)CP(=O)(C(=O)c1c(Cl)cccc1Cl)c1ccccc1. The summed E-state index contributed by atoms with van der Waals surface area (Å²) in [5, 5.41) is 0.450. The van der Waals surface area contributed by atoms with Crippen molar-refractivity contribution in [1.82, 2.24) is 0 Å². The van der Waals surface area contributed by atoms with Crippen LogP contribution in [0, 0.1) is 5.92 Å². The van der Waals surface area contributed by atoms with E-state index in [-0.39, 0.29) is 33.4 Å². The molecule has 2 rings (SSSR count). The third-order valence-corrected chi connectivity index (χ3v) is 6.95. The number of carbonyl (C=O) groups is 2. The second-order valence-corrected chi connectivity index (χ2v) is 9.74. The average Bonchev–Trinajstić information content (AvgIpc) is 2.60. The molecule has 0 aliphatic heterocycles. The third-order valence-electron chi connectivity index (χ3n) is 3.61. The van der Waals surface area contributed by atoms with E-state index < -0.39 is 24.8 Å². The fourth-order valence-corrected chi connectivity index (χ4v) is 5.29. The maximum Gasteiger partial charge on any atom is 0.314 e. The van der Waals surface area contributed by atoms with Crippen LogP contribution in [0.25, 0.3) is 0 Å². The third kappa shape index (κ3) is 4.76. The van der Waals surface area contributed by atoms with Gasteiger partial charge in [0.15, 0.2) is 7.14 Å². The van der Waals surface area contributed by atoms with Crippen LogP contribution in [0.15, 0.2) is 48.5 Å². The first-order valence-corrected chi connectivity index (χ1v) is 10.7. The van der Waals surface area contributed by atoms with Crippen molar-refractivity contribution < 1.29 is 18.9 Å². The van der Waals surface area contributed by atoms with E-state index in [1.54, 1.807) is 36.4 Å². The van der Waals surface area contributed by atoms with Crippen molar-refractivity contribution in [1.29, 1.82) is 0 Å². The van der Waals surface area contributed by atoms with Gasteiger partial charge >= 0.3 is 5.97 Å². The topological polar surface area (TPSA) is 60.4 Å². The van der Waals surface area contributed by atoms with Crippen LogP contribution in [-0.4, -0.2) is 24.3 Å². The summed E-state index contributed by atoms with van der Waals surface area (Å²) in [5.74, 6) is -0.564. The van der Waals surface area contributed by atoms with Gasteiger partial charge in [0.1, 0.15) is 6.16 Å². The fourth-order valence-electron chi connectivity index (χ4n) is 2.32. The number of halogens is 2. The molecule has 0 saturated carbocycles. The summed E-state index contributed by atoms with van der Waals surface area (Å²) in [5.41, 5.74) is -0.791. The van der Waals surface area contributed by atoms with E-state index in [1.807, 2.05) is 13.8 Å². The van der Waals surface area contributed by atoms with Crippen molar-refractivity contribution in [2.45, 2.75) is 13.8 Å². The second kappa shape index (κ2) is 8.85. The molecule has 138 valence electrons. The summed E-state index contributed by atoms with van der Waals surface area (Å²) in [6.07, 6.45) is -0.538. The van der Waals surface area contributed by atoms with Crippen LogP contribution in [0.5, 0.6) is 0 Å². The molecule has 1 atom stereocenters. The summed E-state index contributed by atoms with van der Waals surface area (Å²) in [7, 11) is -3.84. The predicted octanol–water partition coefficient (Wildman–Crippen LogP) is 5.02. The van der Waals surface area contributed by atoms with E-state index >= 15 is 0 Å². The number of carbonyl (C=O) groups excluding carboxylic acids is 2. The molecule has 0 amide bonds. The molecule has 0 aromatic heterocycles. The molecule has 1 unspecified atom stereocenters. The van der Waals surface area contributed by atoms with Gasteiger partial charge in [0.2, 0.25) is 5.52 Å². The van der Waals surface area contributed by atoms with E-state index in [4.69, 9.17) is 27.9 Å². The minimum Gasteiger partial charge on any atom is -0.465 e. The second-order valence-electron chi connectivity index (χ2n) is 6.21. The molecule has 0 bridgehead atoms. The zero-order valence-electron chi connectivity index (χ0n) is 14.4. The van der Waals surface area contributed by atoms with Crippen molar-refractivity contribution in [2.24, 2.45) is 5.92 Å². The van der Waals surface area contributed by atoms with Gasteiger partial charge in [0, 0.05) is 5.30 Å². The molecule has 0 heterocycles. The molecule has 0 saturated heterocycles. The molecular formula is C19H19Cl2O4P. The quantitative estimate of drug-likeness (QED) is 0.473. The van der Waals surface area contributed by atoms with E-state index in [1.165, 1.54) is 12.1 Å². The van der Waals surface area contributed by atoms with Gasteiger partial charge in [-0.15, -0.1) is 0 Å². The van der Waals surface area contributed by atoms with Gasteiger partial charge in [0.05, 0.1) is 22.2 Å². The van der Waals surface area contributed by atoms with Gasteiger partial charge in [-0.1, -0.05) is 73.4 Å². The first kappa shape index (κ1) is 20.7. The Kier molecular flexibility index (Phi) is 7.05. The van der Waals surface area contributed by atoms with E-state index in [2.05, 4.69) is 0 Å². The normalized spacial score (nSPS) is 13.3.